The van der Waals surface area contributed by atoms with E-state index in [1.165, 1.54) is 13.0 Å². The fourth-order valence-electron chi connectivity index (χ4n) is 1.83. The molecule has 2 rings (SSSR count). The lowest BCUT2D eigenvalue weighted by Gasteiger charge is -2.18. The first-order valence-corrected chi connectivity index (χ1v) is 4.79. The summed E-state index contributed by atoms with van der Waals surface area (Å²) in [6.45, 7) is 1.42. The second-order valence-corrected chi connectivity index (χ2v) is 3.62. The molecule has 0 bridgehead atoms. The van der Waals surface area contributed by atoms with Crippen LogP contribution in [0.4, 0.5) is 0 Å². The van der Waals surface area contributed by atoms with Crippen LogP contribution in [0, 0.1) is 0 Å². The Kier molecular flexibility index (Phi) is 2.49. The van der Waals surface area contributed by atoms with Gasteiger partial charge in [-0.25, -0.2) is 0 Å². The van der Waals surface area contributed by atoms with E-state index in [1.807, 2.05) is 0 Å². The molecule has 0 aliphatic heterocycles. The minimum absolute atomic E-state index is 0.0960. The molecule has 0 fully saturated rings. The number of carbonyl (C=O) groups is 2. The Morgan fingerprint density at radius 2 is 1.50 bits per heavy atom. The third-order valence-corrected chi connectivity index (χ3v) is 2.66. The summed E-state index contributed by atoms with van der Waals surface area (Å²) in [5, 5.41) is 18.2. The van der Waals surface area contributed by atoms with Gasteiger partial charge in [-0.1, -0.05) is 24.3 Å². The summed E-state index contributed by atoms with van der Waals surface area (Å²) in [6.07, 6.45) is 0. The molecule has 0 spiro atoms. The Hall–Kier alpha value is -1.72. The quantitative estimate of drug-likeness (QED) is 0.666. The summed E-state index contributed by atoms with van der Waals surface area (Å²) in [5.41, 5.74) is 0.401. The zero-order chi connectivity index (χ0) is 11.9. The number of hydrogen-bond donors (Lipinski definition) is 2. The van der Waals surface area contributed by atoms with Gasteiger partial charge in [0.15, 0.2) is 11.6 Å². The minimum atomic E-state index is -1.91. The van der Waals surface area contributed by atoms with Crippen molar-refractivity contribution < 1.29 is 19.6 Å². The van der Waals surface area contributed by atoms with Crippen LogP contribution in [-0.4, -0.2) is 28.7 Å². The highest BCUT2D eigenvalue weighted by Gasteiger charge is 2.35. The molecule has 0 aromatic heterocycles. The number of benzene rings is 1. The number of allylic oxidation sites excluding steroid dienone is 2. The highest BCUT2D eigenvalue weighted by Crippen LogP contribution is 2.26. The molecule has 0 amide bonds. The molecule has 1 aromatic carbocycles. The van der Waals surface area contributed by atoms with Crippen LogP contribution in [0.3, 0.4) is 0 Å². The van der Waals surface area contributed by atoms with Gasteiger partial charge in [-0.15, -0.1) is 0 Å². The molecule has 4 nitrogen and oxygen atoms in total. The highest BCUT2D eigenvalue weighted by molar-refractivity contribution is 6.62. The number of hydrogen-bond acceptors (Lipinski definition) is 4. The van der Waals surface area contributed by atoms with Gasteiger partial charge in [0, 0.05) is 22.2 Å². The van der Waals surface area contributed by atoms with Gasteiger partial charge in [-0.3, -0.25) is 9.59 Å². The molecule has 0 saturated carbocycles. The van der Waals surface area contributed by atoms with Crippen LogP contribution in [0.5, 0.6) is 0 Å². The molecule has 0 radical (unpaired) electrons. The standard InChI is InChI=1S/C11H9BO4/c1-6-9(12(15)16)11(14)8-5-3-2-4-7(8)10(6)13/h2-5,15-16H,1H3. The molecule has 0 heterocycles. The molecule has 0 unspecified atom stereocenters. The average molecular weight is 216 g/mol. The van der Waals surface area contributed by atoms with Crippen molar-refractivity contribution in [2.75, 3.05) is 0 Å². The molecule has 0 saturated heterocycles. The molecular formula is C11H9BO4. The second kappa shape index (κ2) is 3.70. The van der Waals surface area contributed by atoms with Gasteiger partial charge in [-0.2, -0.15) is 0 Å². The van der Waals surface area contributed by atoms with E-state index < -0.39 is 12.9 Å². The van der Waals surface area contributed by atoms with Crippen LogP contribution in [0.1, 0.15) is 27.6 Å². The van der Waals surface area contributed by atoms with Gasteiger partial charge in [-0.05, 0) is 6.92 Å². The second-order valence-electron chi connectivity index (χ2n) is 3.62. The predicted molar refractivity (Wildman–Crippen MR) is 58.0 cm³/mol. The summed E-state index contributed by atoms with van der Waals surface area (Å²) >= 11 is 0. The Bertz CT molecular complexity index is 516. The van der Waals surface area contributed by atoms with E-state index in [9.17, 15) is 9.59 Å². The highest BCUT2D eigenvalue weighted by atomic mass is 16.4. The van der Waals surface area contributed by atoms with Crippen molar-refractivity contribution in [2.45, 2.75) is 6.92 Å². The van der Waals surface area contributed by atoms with Crippen molar-refractivity contribution >= 4 is 18.7 Å². The summed E-state index contributed by atoms with van der Waals surface area (Å²) in [4.78, 5) is 23.7. The van der Waals surface area contributed by atoms with Crippen molar-refractivity contribution in [1.82, 2.24) is 0 Å². The van der Waals surface area contributed by atoms with Crippen LogP contribution in [0.2, 0.25) is 0 Å². The Balaban J connectivity index is 2.68. The molecule has 2 N–H and O–H groups in total. The maximum Gasteiger partial charge on any atom is 0.492 e. The third-order valence-electron chi connectivity index (χ3n) is 2.66. The summed E-state index contributed by atoms with van der Waals surface area (Å²) in [7, 11) is -1.91. The Morgan fingerprint density at radius 1 is 1.00 bits per heavy atom. The van der Waals surface area contributed by atoms with E-state index in [1.54, 1.807) is 18.2 Å². The van der Waals surface area contributed by atoms with Crippen molar-refractivity contribution in [3.8, 4) is 0 Å². The van der Waals surface area contributed by atoms with Gasteiger partial charge in [0.1, 0.15) is 0 Å². The maximum absolute atomic E-state index is 11.9. The van der Waals surface area contributed by atoms with Crippen LogP contribution in [0.15, 0.2) is 35.3 Å². The largest absolute Gasteiger partial charge is 0.492 e. The topological polar surface area (TPSA) is 74.6 Å². The zero-order valence-electron chi connectivity index (χ0n) is 8.60. The summed E-state index contributed by atoms with van der Waals surface area (Å²) in [6, 6.07) is 6.35. The summed E-state index contributed by atoms with van der Waals surface area (Å²) < 4.78 is 0. The average Bonchev–Trinajstić information content (AvgIpc) is 2.26. The third kappa shape index (κ3) is 1.41. The minimum Gasteiger partial charge on any atom is -0.423 e. The fraction of sp³-hybridized carbons (Fsp3) is 0.0909. The lowest BCUT2D eigenvalue weighted by molar-refractivity contribution is 0.0977. The predicted octanol–water partition coefficient (Wildman–Crippen LogP) is 0.394. The first kappa shape index (κ1) is 10.8. The molecule has 0 atom stereocenters. The zero-order valence-corrected chi connectivity index (χ0v) is 8.60. The molecule has 5 heteroatoms. The molecule has 1 aliphatic rings. The van der Waals surface area contributed by atoms with Gasteiger partial charge in [0.2, 0.25) is 0 Å². The van der Waals surface area contributed by atoms with Crippen molar-refractivity contribution in [3.63, 3.8) is 0 Å². The SMILES string of the molecule is CC1=C(B(O)O)C(=O)c2ccccc2C1=O. The lowest BCUT2D eigenvalue weighted by atomic mass is 9.68. The number of ketones is 2. The van der Waals surface area contributed by atoms with Crippen LogP contribution in [-0.2, 0) is 0 Å². The molecule has 1 aromatic rings. The van der Waals surface area contributed by atoms with E-state index in [4.69, 9.17) is 10.0 Å². The lowest BCUT2D eigenvalue weighted by Crippen LogP contribution is -2.30. The first-order chi connectivity index (χ1) is 7.54. The normalized spacial score (nSPS) is 15.2. The van der Waals surface area contributed by atoms with Gasteiger partial charge < -0.3 is 10.0 Å². The van der Waals surface area contributed by atoms with Gasteiger partial charge in [0.25, 0.3) is 0 Å². The van der Waals surface area contributed by atoms with Crippen molar-refractivity contribution in [1.29, 1.82) is 0 Å². The monoisotopic (exact) mass is 216 g/mol. The van der Waals surface area contributed by atoms with Crippen LogP contribution >= 0.6 is 0 Å². The molecule has 1 aliphatic carbocycles. The summed E-state index contributed by atoms with van der Waals surface area (Å²) in [5.74, 6) is -0.832. The number of rotatable bonds is 1. The Labute approximate surface area is 92.4 Å². The maximum atomic E-state index is 11.9. The van der Waals surface area contributed by atoms with Crippen molar-refractivity contribution in [3.05, 3.63) is 46.4 Å². The van der Waals surface area contributed by atoms with Crippen molar-refractivity contribution in [2.24, 2.45) is 0 Å². The van der Waals surface area contributed by atoms with E-state index in [0.29, 0.717) is 5.56 Å². The van der Waals surface area contributed by atoms with E-state index in [2.05, 4.69) is 0 Å². The Morgan fingerprint density at radius 3 is 2.00 bits per heavy atom. The molecule has 16 heavy (non-hydrogen) atoms. The van der Waals surface area contributed by atoms with Crippen LogP contribution < -0.4 is 0 Å². The molecular weight excluding hydrogens is 207 g/mol. The van der Waals surface area contributed by atoms with E-state index in [0.717, 1.165) is 0 Å². The van der Waals surface area contributed by atoms with Gasteiger partial charge in [0.05, 0.1) is 0 Å². The number of fused-ring (bicyclic) bond motifs is 1. The first-order valence-electron chi connectivity index (χ1n) is 4.79. The van der Waals surface area contributed by atoms with Crippen LogP contribution in [0.25, 0.3) is 0 Å². The number of Topliss-reactive ketones (excluding diaryl/α,β-unsaturated/α-hetero) is 2. The fourth-order valence-corrected chi connectivity index (χ4v) is 1.83. The van der Waals surface area contributed by atoms with Gasteiger partial charge >= 0.3 is 7.12 Å². The number of carbonyl (C=O) groups excluding carboxylic acids is 2. The molecule has 80 valence electrons. The smallest absolute Gasteiger partial charge is 0.423 e. The van der Waals surface area contributed by atoms with E-state index in [-0.39, 0.29) is 22.4 Å². The van der Waals surface area contributed by atoms with E-state index >= 15 is 0 Å².